The van der Waals surface area contributed by atoms with E-state index in [-0.39, 0.29) is 28.5 Å². The van der Waals surface area contributed by atoms with E-state index >= 15 is 0 Å². The smallest absolute Gasteiger partial charge is 0.342 e. The lowest BCUT2D eigenvalue weighted by atomic mass is 10.0. The van der Waals surface area contributed by atoms with Crippen LogP contribution in [0.5, 0.6) is 0 Å². The monoisotopic (exact) mass is 562 g/mol. The van der Waals surface area contributed by atoms with Crippen molar-refractivity contribution in [2.24, 2.45) is 0 Å². The third-order valence-corrected chi connectivity index (χ3v) is 9.57. The van der Waals surface area contributed by atoms with Crippen LogP contribution in [-0.2, 0) is 33.4 Å². The zero-order chi connectivity index (χ0) is 27.4. The summed E-state index contributed by atoms with van der Waals surface area (Å²) in [7, 11) is -4.43. The van der Waals surface area contributed by atoms with Crippen molar-refractivity contribution < 1.29 is 31.7 Å². The number of thioether (sulfide) groups is 1. The Kier molecular flexibility index (Phi) is 6.09. The highest BCUT2D eigenvalue weighted by molar-refractivity contribution is 8.02. The molecule has 0 N–H and O–H groups in total. The third kappa shape index (κ3) is 4.22. The van der Waals surface area contributed by atoms with Crippen LogP contribution in [0.2, 0.25) is 0 Å². The number of β-lactam (4-membered cyclic amide) rings is 1. The standard InChI is InChI=1S/C28H22N2O7S2/c1-18(31)30-21-13-8-14-22(15-21)39(34,35)37-28(30)23(17-29-24(32)16-25(29)38-28)27(33)36-26(19-9-4-2-5-10-19)20-11-6-3-7-12-20/h2-15,17,25-26H,16H2,1H3/t25-,28?/m1/s1. The number of ether oxygens (including phenoxy) is 1. The van der Waals surface area contributed by atoms with Gasteiger partial charge in [0.1, 0.15) is 5.57 Å². The normalized spacial score (nSPS) is 23.0. The Labute approximate surface area is 229 Å². The molecule has 39 heavy (non-hydrogen) atoms. The van der Waals surface area contributed by atoms with Gasteiger partial charge in [0.05, 0.1) is 16.7 Å². The van der Waals surface area contributed by atoms with Crippen molar-refractivity contribution in [1.82, 2.24) is 4.90 Å². The predicted molar refractivity (Wildman–Crippen MR) is 142 cm³/mol. The molecule has 9 nitrogen and oxygen atoms in total. The molecule has 11 heteroatoms. The van der Waals surface area contributed by atoms with Gasteiger partial charge in [-0.1, -0.05) is 78.5 Å². The lowest BCUT2D eigenvalue weighted by Gasteiger charge is -2.50. The van der Waals surface area contributed by atoms with Crippen LogP contribution in [0.15, 0.2) is 102 Å². The second-order valence-electron chi connectivity index (χ2n) is 9.20. The molecule has 0 aromatic heterocycles. The van der Waals surface area contributed by atoms with Crippen LogP contribution in [0, 0.1) is 0 Å². The van der Waals surface area contributed by atoms with Crippen LogP contribution in [0.4, 0.5) is 5.69 Å². The maximum absolute atomic E-state index is 14.1. The van der Waals surface area contributed by atoms with Crippen molar-refractivity contribution >= 4 is 45.4 Å². The first kappa shape index (κ1) is 25.4. The van der Waals surface area contributed by atoms with Crippen molar-refractivity contribution in [3.8, 4) is 0 Å². The molecule has 2 atom stereocenters. The van der Waals surface area contributed by atoms with Gasteiger partial charge in [0.25, 0.3) is 15.2 Å². The summed E-state index contributed by atoms with van der Waals surface area (Å²) in [6.07, 6.45) is 0.484. The fourth-order valence-corrected chi connectivity index (χ4v) is 7.85. The van der Waals surface area contributed by atoms with Crippen molar-refractivity contribution in [2.75, 3.05) is 4.90 Å². The summed E-state index contributed by atoms with van der Waals surface area (Å²) in [6, 6.07) is 23.9. The number of carbonyl (C=O) groups is 3. The molecule has 1 fully saturated rings. The Balaban J connectivity index is 1.50. The summed E-state index contributed by atoms with van der Waals surface area (Å²) >= 11 is 0.902. The molecule has 3 aliphatic rings. The van der Waals surface area contributed by atoms with Crippen LogP contribution < -0.4 is 4.90 Å². The summed E-state index contributed by atoms with van der Waals surface area (Å²) in [5, 5.41) is -2.68. The van der Waals surface area contributed by atoms with E-state index in [1.165, 1.54) is 36.2 Å². The largest absolute Gasteiger partial charge is 0.449 e. The topological polar surface area (TPSA) is 110 Å². The van der Waals surface area contributed by atoms with Gasteiger partial charge in [0, 0.05) is 18.8 Å². The highest BCUT2D eigenvalue weighted by atomic mass is 32.2. The van der Waals surface area contributed by atoms with Gasteiger partial charge >= 0.3 is 5.97 Å². The van der Waals surface area contributed by atoms with Crippen molar-refractivity contribution in [2.45, 2.75) is 34.8 Å². The molecular formula is C28H22N2O7S2. The maximum Gasteiger partial charge on any atom is 0.342 e. The molecule has 0 radical (unpaired) electrons. The number of amides is 2. The number of hydrogen-bond acceptors (Lipinski definition) is 8. The van der Waals surface area contributed by atoms with Gasteiger partial charge in [0.15, 0.2) is 6.10 Å². The number of anilines is 1. The Hall–Kier alpha value is -3.93. The average Bonchev–Trinajstić information content (AvgIpc) is 2.97. The molecular weight excluding hydrogens is 540 g/mol. The number of hydrogen-bond donors (Lipinski definition) is 0. The molecule has 3 aliphatic heterocycles. The van der Waals surface area contributed by atoms with Crippen molar-refractivity contribution in [1.29, 1.82) is 0 Å². The summed E-state index contributed by atoms with van der Waals surface area (Å²) in [6.45, 7) is 1.26. The number of benzene rings is 3. The number of fused-ring (bicyclic) bond motifs is 3. The molecule has 0 aliphatic carbocycles. The number of nitrogens with zero attached hydrogens (tertiary/aromatic N) is 2. The Bertz CT molecular complexity index is 1590. The number of esters is 1. The third-order valence-electron chi connectivity index (χ3n) is 6.70. The van der Waals surface area contributed by atoms with E-state index in [4.69, 9.17) is 8.92 Å². The van der Waals surface area contributed by atoms with Crippen molar-refractivity contribution in [3.63, 3.8) is 0 Å². The molecule has 2 amide bonds. The zero-order valence-corrected chi connectivity index (χ0v) is 22.2. The van der Waals surface area contributed by atoms with E-state index < -0.39 is 38.5 Å². The molecule has 1 unspecified atom stereocenters. The first-order chi connectivity index (χ1) is 18.7. The van der Waals surface area contributed by atoms with E-state index in [0.717, 1.165) is 16.7 Å². The van der Waals surface area contributed by atoms with E-state index in [2.05, 4.69) is 0 Å². The molecule has 3 heterocycles. The van der Waals surface area contributed by atoms with Crippen molar-refractivity contribution in [3.05, 3.63) is 108 Å². The van der Waals surface area contributed by atoms with Crippen LogP contribution in [0.25, 0.3) is 0 Å². The quantitative estimate of drug-likeness (QED) is 0.267. The van der Waals surface area contributed by atoms with E-state index in [0.29, 0.717) is 11.1 Å². The minimum atomic E-state index is -4.43. The molecule has 1 spiro atoms. The van der Waals surface area contributed by atoms with Crippen LogP contribution in [0.1, 0.15) is 30.6 Å². The van der Waals surface area contributed by atoms with E-state index in [1.54, 1.807) is 30.3 Å². The number of carbonyl (C=O) groups excluding carboxylic acids is 3. The van der Waals surface area contributed by atoms with Gasteiger partial charge in [-0.15, -0.1) is 0 Å². The molecule has 6 rings (SSSR count). The Morgan fingerprint density at radius 2 is 1.64 bits per heavy atom. The lowest BCUT2D eigenvalue weighted by molar-refractivity contribution is -0.144. The van der Waals surface area contributed by atoms with E-state index in [9.17, 15) is 22.8 Å². The van der Waals surface area contributed by atoms with Gasteiger partial charge < -0.3 is 9.64 Å². The highest BCUT2D eigenvalue weighted by Crippen LogP contribution is 2.54. The molecule has 1 saturated heterocycles. The predicted octanol–water partition coefficient (Wildman–Crippen LogP) is 3.93. The summed E-state index contributed by atoms with van der Waals surface area (Å²) in [4.78, 5) is 41.9. The van der Waals surface area contributed by atoms with Crippen LogP contribution in [-0.4, -0.2) is 41.5 Å². The SMILES string of the molecule is CC(=O)N1c2cccc(c2)S(=O)(=O)OC12S[C@@H]1CC(=O)N1C=C2C(=O)OC(c1ccccc1)c1ccccc1. The fraction of sp³-hybridized carbons (Fsp3) is 0.179. The Morgan fingerprint density at radius 3 is 2.23 bits per heavy atom. The molecule has 3 aromatic rings. The van der Waals surface area contributed by atoms with E-state index in [1.807, 2.05) is 36.4 Å². The first-order valence-corrected chi connectivity index (χ1v) is 14.4. The van der Waals surface area contributed by atoms with Gasteiger partial charge in [-0.2, -0.15) is 8.42 Å². The first-order valence-electron chi connectivity index (χ1n) is 12.1. The molecule has 0 saturated carbocycles. The summed E-state index contributed by atoms with van der Waals surface area (Å²) in [5.74, 6) is -1.74. The minimum absolute atomic E-state index is 0.0919. The highest BCUT2D eigenvalue weighted by Gasteiger charge is 2.60. The second-order valence-corrected chi connectivity index (χ2v) is 12.1. The van der Waals surface area contributed by atoms with Crippen LogP contribution in [0.3, 0.4) is 0 Å². The van der Waals surface area contributed by atoms with Crippen LogP contribution >= 0.6 is 11.8 Å². The summed E-state index contributed by atoms with van der Waals surface area (Å²) in [5.41, 5.74) is 1.29. The van der Waals surface area contributed by atoms with Gasteiger partial charge in [-0.05, 0) is 29.3 Å². The van der Waals surface area contributed by atoms with Gasteiger partial charge in [-0.25, -0.2) is 8.98 Å². The fourth-order valence-electron chi connectivity index (χ4n) is 4.87. The Morgan fingerprint density at radius 1 is 1.00 bits per heavy atom. The van der Waals surface area contributed by atoms with Gasteiger partial charge in [-0.3, -0.25) is 14.5 Å². The van der Waals surface area contributed by atoms with Gasteiger partial charge in [0.2, 0.25) is 11.8 Å². The maximum atomic E-state index is 14.1. The average molecular weight is 563 g/mol. The molecule has 3 aromatic carbocycles. The zero-order valence-electron chi connectivity index (χ0n) is 20.6. The molecule has 198 valence electrons. The molecule has 2 bridgehead atoms. The second kappa shape index (κ2) is 9.37. The minimum Gasteiger partial charge on any atom is -0.449 e. The summed E-state index contributed by atoms with van der Waals surface area (Å²) < 4.78 is 38.6. The lowest BCUT2D eigenvalue weighted by Crippen LogP contribution is -2.62. The number of rotatable bonds is 4.